The van der Waals surface area contributed by atoms with Crippen molar-refractivity contribution in [2.45, 2.75) is 32.9 Å². The number of nitrogens with two attached hydrogens (primary N) is 1. The lowest BCUT2D eigenvalue weighted by Gasteiger charge is -2.23. The van der Waals surface area contributed by atoms with E-state index in [-0.39, 0.29) is 11.9 Å². The molecule has 2 aromatic heterocycles. The van der Waals surface area contributed by atoms with E-state index in [1.807, 2.05) is 24.4 Å². The summed E-state index contributed by atoms with van der Waals surface area (Å²) in [5, 5.41) is 13.1. The number of hydrogen-bond acceptors (Lipinski definition) is 6. The summed E-state index contributed by atoms with van der Waals surface area (Å²) in [7, 11) is 0. The number of carbonyl (C=O) groups excluding carboxylic acids is 2. The first-order valence-electron chi connectivity index (χ1n) is 9.39. The van der Waals surface area contributed by atoms with Crippen molar-refractivity contribution in [3.63, 3.8) is 0 Å². The number of hydrogen-bond donors (Lipinski definition) is 3. The second-order valence-electron chi connectivity index (χ2n) is 6.72. The minimum absolute atomic E-state index is 0.127. The molecule has 3 rings (SSSR count). The first-order valence-corrected chi connectivity index (χ1v) is 10.3. The van der Waals surface area contributed by atoms with Crippen LogP contribution in [0, 0.1) is 0 Å². The number of anilines is 1. The lowest BCUT2D eigenvalue weighted by Crippen LogP contribution is -3.15. The average Bonchev–Trinajstić information content (AvgIpc) is 3.39. The van der Waals surface area contributed by atoms with Crippen molar-refractivity contribution in [1.82, 2.24) is 10.2 Å². The van der Waals surface area contributed by atoms with Crippen LogP contribution < -0.4 is 16.0 Å². The normalized spacial score (nSPS) is 13.0. The molecule has 1 unspecified atom stereocenters. The van der Waals surface area contributed by atoms with Crippen LogP contribution >= 0.6 is 11.3 Å². The van der Waals surface area contributed by atoms with E-state index >= 15 is 0 Å². The minimum Gasteiger partial charge on any atom is -0.414 e. The number of quaternary nitrogens is 1. The molecule has 0 aliphatic rings. The smallest absolute Gasteiger partial charge is 0.282 e. The Hall–Kier alpha value is -3.04. The predicted molar refractivity (Wildman–Crippen MR) is 110 cm³/mol. The number of benzene rings is 1. The Kier molecular flexibility index (Phi) is 6.73. The second-order valence-corrected chi connectivity index (χ2v) is 7.66. The third kappa shape index (κ3) is 5.27. The fourth-order valence-electron chi connectivity index (χ4n) is 2.95. The summed E-state index contributed by atoms with van der Waals surface area (Å²) in [4.78, 5) is 25.9. The number of aromatic nitrogens is 2. The van der Waals surface area contributed by atoms with Crippen LogP contribution in [0.2, 0.25) is 0 Å². The number of primary amides is 1. The van der Waals surface area contributed by atoms with Crippen molar-refractivity contribution in [2.75, 3.05) is 11.9 Å². The third-order valence-electron chi connectivity index (χ3n) is 4.59. The molecule has 1 aromatic carbocycles. The van der Waals surface area contributed by atoms with Crippen molar-refractivity contribution in [2.24, 2.45) is 5.73 Å². The number of carbonyl (C=O) groups is 2. The maximum absolute atomic E-state index is 12.7. The minimum atomic E-state index is -0.503. The molecule has 2 atom stereocenters. The monoisotopic (exact) mass is 414 g/mol. The van der Waals surface area contributed by atoms with Gasteiger partial charge in [0.05, 0.1) is 11.4 Å². The number of rotatable bonds is 9. The van der Waals surface area contributed by atoms with Gasteiger partial charge in [0.1, 0.15) is 0 Å². The van der Waals surface area contributed by atoms with Gasteiger partial charge in [-0.25, -0.2) is 0 Å². The van der Waals surface area contributed by atoms with E-state index in [0.29, 0.717) is 29.6 Å². The summed E-state index contributed by atoms with van der Waals surface area (Å²) < 4.78 is 5.78. The van der Waals surface area contributed by atoms with E-state index in [1.54, 1.807) is 24.3 Å². The van der Waals surface area contributed by atoms with Gasteiger partial charge < -0.3 is 20.4 Å². The Balaban J connectivity index is 1.65. The van der Waals surface area contributed by atoms with Gasteiger partial charge in [-0.3, -0.25) is 9.59 Å². The predicted octanol–water partition coefficient (Wildman–Crippen LogP) is 1.72. The van der Waals surface area contributed by atoms with Gasteiger partial charge in [0, 0.05) is 11.3 Å². The highest BCUT2D eigenvalue weighted by Crippen LogP contribution is 2.22. The van der Waals surface area contributed by atoms with Gasteiger partial charge in [0.2, 0.25) is 5.91 Å². The van der Waals surface area contributed by atoms with Crippen LogP contribution in [0.25, 0.3) is 10.8 Å². The van der Waals surface area contributed by atoms with Crippen LogP contribution in [0.15, 0.2) is 46.2 Å². The largest absolute Gasteiger partial charge is 0.414 e. The Morgan fingerprint density at radius 3 is 2.62 bits per heavy atom. The molecule has 0 bridgehead atoms. The van der Waals surface area contributed by atoms with Gasteiger partial charge in [0.15, 0.2) is 12.6 Å². The Labute approximate surface area is 172 Å². The van der Waals surface area contributed by atoms with Crippen LogP contribution in [0.1, 0.15) is 36.5 Å². The van der Waals surface area contributed by atoms with Crippen molar-refractivity contribution >= 4 is 28.8 Å². The second kappa shape index (κ2) is 9.44. The molecular formula is C20H24N5O3S+. The lowest BCUT2D eigenvalue weighted by atomic mass is 10.2. The van der Waals surface area contributed by atoms with Crippen LogP contribution in [0.3, 0.4) is 0 Å². The number of amides is 2. The van der Waals surface area contributed by atoms with Crippen LogP contribution in [0.5, 0.6) is 0 Å². The summed E-state index contributed by atoms with van der Waals surface area (Å²) in [6.45, 7) is 5.18. The summed E-state index contributed by atoms with van der Waals surface area (Å²) in [5.41, 5.74) is 6.25. The molecule has 2 heterocycles. The van der Waals surface area contributed by atoms with Gasteiger partial charge in [-0.2, -0.15) is 0 Å². The molecule has 0 spiro atoms. The quantitative estimate of drug-likeness (QED) is 0.493. The zero-order chi connectivity index (χ0) is 20.8. The van der Waals surface area contributed by atoms with E-state index in [4.69, 9.17) is 10.2 Å². The Morgan fingerprint density at radius 2 is 2.00 bits per heavy atom. The molecule has 152 valence electrons. The molecule has 0 radical (unpaired) electrons. The fraction of sp³-hybridized carbons (Fsp3) is 0.300. The summed E-state index contributed by atoms with van der Waals surface area (Å²) in [5.74, 6) is 0.370. The maximum Gasteiger partial charge on any atom is 0.282 e. The summed E-state index contributed by atoms with van der Waals surface area (Å²) >= 11 is 1.54. The van der Waals surface area contributed by atoms with Crippen LogP contribution in [-0.4, -0.2) is 34.6 Å². The molecule has 0 saturated heterocycles. The molecule has 9 heteroatoms. The molecule has 29 heavy (non-hydrogen) atoms. The molecule has 4 N–H and O–H groups in total. The molecule has 0 aliphatic heterocycles. The highest BCUT2D eigenvalue weighted by Gasteiger charge is 2.27. The van der Waals surface area contributed by atoms with Gasteiger partial charge >= 0.3 is 0 Å². The highest BCUT2D eigenvalue weighted by atomic mass is 32.1. The van der Waals surface area contributed by atoms with Crippen molar-refractivity contribution < 1.29 is 18.9 Å². The fourth-order valence-corrected chi connectivity index (χ4v) is 3.60. The zero-order valence-corrected chi connectivity index (χ0v) is 17.2. The van der Waals surface area contributed by atoms with E-state index in [2.05, 4.69) is 22.4 Å². The van der Waals surface area contributed by atoms with Gasteiger partial charge in [-0.05, 0) is 49.1 Å². The van der Waals surface area contributed by atoms with Crippen LogP contribution in [0.4, 0.5) is 5.69 Å². The molecule has 0 saturated carbocycles. The number of thiophene rings is 1. The Bertz CT molecular complexity index is 953. The molecular weight excluding hydrogens is 390 g/mol. The van der Waals surface area contributed by atoms with Gasteiger partial charge in [-0.1, -0.05) is 13.0 Å². The standard InChI is InChI=1S/C20H23N5O3S/c1-3-10-25(12-17-23-24-20(28-17)16-5-4-11-29-16)13(2)19(27)22-15-8-6-14(7-9-15)18(21)26/h4-9,11,13H,3,10,12H2,1-2H3,(H2,21,26)(H,22,27)/p+1/t13-/m0/s1. The van der Waals surface area contributed by atoms with E-state index in [0.717, 1.165) is 22.7 Å². The van der Waals surface area contributed by atoms with Crippen molar-refractivity contribution in [1.29, 1.82) is 0 Å². The summed E-state index contributed by atoms with van der Waals surface area (Å²) in [6.07, 6.45) is 0.909. The molecule has 2 amide bonds. The Morgan fingerprint density at radius 1 is 1.24 bits per heavy atom. The van der Waals surface area contributed by atoms with Crippen LogP contribution in [-0.2, 0) is 11.3 Å². The van der Waals surface area contributed by atoms with E-state index < -0.39 is 5.91 Å². The third-order valence-corrected chi connectivity index (χ3v) is 5.45. The SMILES string of the molecule is CCC[NH+](Cc1nnc(-c2cccs2)o1)[C@@H](C)C(=O)Nc1ccc(C(N)=O)cc1. The molecule has 0 aliphatic carbocycles. The first-order chi connectivity index (χ1) is 14.0. The molecule has 3 aromatic rings. The maximum atomic E-state index is 12.7. The number of nitrogens with zero attached hydrogens (tertiary/aromatic N) is 2. The van der Waals surface area contributed by atoms with Gasteiger partial charge in [-0.15, -0.1) is 21.5 Å². The van der Waals surface area contributed by atoms with E-state index in [9.17, 15) is 9.59 Å². The van der Waals surface area contributed by atoms with Crippen molar-refractivity contribution in [3.05, 3.63) is 53.2 Å². The summed E-state index contributed by atoms with van der Waals surface area (Å²) in [6, 6.07) is 10.0. The average molecular weight is 415 g/mol. The molecule has 0 fully saturated rings. The lowest BCUT2D eigenvalue weighted by molar-refractivity contribution is -0.928. The van der Waals surface area contributed by atoms with Gasteiger partial charge in [0.25, 0.3) is 17.7 Å². The molecule has 8 nitrogen and oxygen atoms in total. The zero-order valence-electron chi connectivity index (χ0n) is 16.3. The number of nitrogens with one attached hydrogen (secondary N) is 2. The van der Waals surface area contributed by atoms with Crippen molar-refractivity contribution in [3.8, 4) is 10.8 Å². The highest BCUT2D eigenvalue weighted by molar-refractivity contribution is 7.13. The van der Waals surface area contributed by atoms with E-state index in [1.165, 1.54) is 11.3 Å². The topological polar surface area (TPSA) is 116 Å². The first kappa shape index (κ1) is 20.7.